The second-order valence-electron chi connectivity index (χ2n) is 8.72. The molecular weight excluding hydrogens is 542 g/mol. The van der Waals surface area contributed by atoms with Crippen molar-refractivity contribution in [2.75, 3.05) is 11.9 Å². The molecule has 1 aliphatic heterocycles. The molecule has 4 heterocycles. The lowest BCUT2D eigenvalue weighted by molar-refractivity contribution is -0.119. The van der Waals surface area contributed by atoms with E-state index in [1.165, 1.54) is 20.8 Å². The average Bonchev–Trinajstić information content (AvgIpc) is 3.62. The van der Waals surface area contributed by atoms with Crippen LogP contribution in [-0.2, 0) is 27.7 Å². The largest absolute Gasteiger partial charge is 0.316 e. The number of nitrogens with zero attached hydrogens (tertiary/aromatic N) is 2. The minimum absolute atomic E-state index is 0.170. The van der Waals surface area contributed by atoms with Gasteiger partial charge < -0.3 is 5.32 Å². The smallest absolute Gasteiger partial charge is 0.253 e. The Labute approximate surface area is 220 Å². The van der Waals surface area contributed by atoms with E-state index in [0.717, 1.165) is 62.8 Å². The minimum Gasteiger partial charge on any atom is -0.316 e. The van der Waals surface area contributed by atoms with Crippen LogP contribution in [0.4, 0.5) is 5.00 Å². The van der Waals surface area contributed by atoms with Crippen molar-refractivity contribution in [3.63, 3.8) is 0 Å². The molecule has 1 unspecified atom stereocenters. The second-order valence-corrected chi connectivity index (χ2v) is 14.7. The van der Waals surface area contributed by atoms with Crippen LogP contribution in [-0.4, -0.2) is 36.2 Å². The van der Waals surface area contributed by atoms with Crippen LogP contribution >= 0.6 is 45.6 Å². The summed E-state index contributed by atoms with van der Waals surface area (Å²) in [6.07, 6.45) is 5.35. The van der Waals surface area contributed by atoms with Crippen molar-refractivity contribution in [1.29, 1.82) is 0 Å². The number of aromatic nitrogens is 1. The highest BCUT2D eigenvalue weighted by Crippen LogP contribution is 2.46. The van der Waals surface area contributed by atoms with E-state index < -0.39 is 16.1 Å². The van der Waals surface area contributed by atoms with Gasteiger partial charge in [0.1, 0.15) is 20.3 Å². The number of hydrogen-bond donors (Lipinski definition) is 1. The predicted molar refractivity (Wildman–Crippen MR) is 144 cm³/mol. The molecule has 4 aromatic rings. The van der Waals surface area contributed by atoms with Crippen LogP contribution in [0.3, 0.4) is 0 Å². The molecule has 0 saturated carbocycles. The molecule has 0 spiro atoms. The number of fused-ring (bicyclic) bond motifs is 2. The Morgan fingerprint density at radius 2 is 1.89 bits per heavy atom. The summed E-state index contributed by atoms with van der Waals surface area (Å²) in [5.74, 6) is -0.283. The topological polar surface area (TPSA) is 79.4 Å². The maximum absolute atomic E-state index is 13.5. The molecule has 3 aromatic heterocycles. The van der Waals surface area contributed by atoms with Gasteiger partial charge in [-0.1, -0.05) is 23.7 Å². The van der Waals surface area contributed by atoms with Crippen molar-refractivity contribution in [2.24, 2.45) is 0 Å². The fraction of sp³-hybridized carbons (Fsp3) is 0.333. The van der Waals surface area contributed by atoms with E-state index in [1.807, 2.05) is 18.2 Å². The van der Waals surface area contributed by atoms with E-state index in [2.05, 4.69) is 11.4 Å². The first-order valence-electron chi connectivity index (χ1n) is 11.5. The van der Waals surface area contributed by atoms with Crippen LogP contribution in [0.25, 0.3) is 20.8 Å². The summed E-state index contributed by atoms with van der Waals surface area (Å²) < 4.78 is 29.5. The minimum atomic E-state index is -3.79. The summed E-state index contributed by atoms with van der Waals surface area (Å²) in [7, 11) is -3.79. The molecule has 6 nitrogen and oxygen atoms in total. The molecule has 11 heteroatoms. The first kappa shape index (κ1) is 23.6. The molecule has 1 fully saturated rings. The van der Waals surface area contributed by atoms with Gasteiger partial charge in [-0.2, -0.15) is 4.31 Å². The number of aryl methyl sites for hydroxylation is 1. The van der Waals surface area contributed by atoms with Crippen molar-refractivity contribution in [3.05, 3.63) is 51.2 Å². The normalized spacial score (nSPS) is 18.7. The molecule has 0 bridgehead atoms. The summed E-state index contributed by atoms with van der Waals surface area (Å²) >= 11 is 10.3. The monoisotopic (exact) mass is 563 g/mol. The second kappa shape index (κ2) is 9.24. The molecule has 1 aromatic carbocycles. The Balaban J connectivity index is 1.35. The van der Waals surface area contributed by atoms with E-state index in [9.17, 15) is 13.2 Å². The van der Waals surface area contributed by atoms with E-state index >= 15 is 0 Å². The number of para-hydroxylation sites is 1. The predicted octanol–water partition coefficient (Wildman–Crippen LogP) is 6.41. The summed E-state index contributed by atoms with van der Waals surface area (Å²) in [4.78, 5) is 19.7. The molecule has 1 aliphatic carbocycles. The Hall–Kier alpha value is -1.82. The number of carbonyl (C=O) groups excluding carboxylic acids is 1. The number of amides is 1. The van der Waals surface area contributed by atoms with Gasteiger partial charge in [0.15, 0.2) is 0 Å². The van der Waals surface area contributed by atoms with Gasteiger partial charge in [-0.3, -0.25) is 4.79 Å². The van der Waals surface area contributed by atoms with Gasteiger partial charge in [0, 0.05) is 17.0 Å². The molecule has 1 atom stereocenters. The van der Waals surface area contributed by atoms with Gasteiger partial charge in [0.2, 0.25) is 5.91 Å². The van der Waals surface area contributed by atoms with Gasteiger partial charge >= 0.3 is 0 Å². The lowest BCUT2D eigenvalue weighted by Crippen LogP contribution is -2.42. The Kier molecular flexibility index (Phi) is 6.22. The van der Waals surface area contributed by atoms with Crippen molar-refractivity contribution < 1.29 is 13.2 Å². The summed E-state index contributed by atoms with van der Waals surface area (Å²) in [6, 6.07) is 10.4. The molecule has 2 aliphatic rings. The van der Waals surface area contributed by atoms with Crippen molar-refractivity contribution >= 4 is 76.8 Å². The molecule has 35 heavy (non-hydrogen) atoms. The van der Waals surface area contributed by atoms with Gasteiger partial charge in [0.25, 0.3) is 10.0 Å². The van der Waals surface area contributed by atoms with E-state index in [-0.39, 0.29) is 10.1 Å². The Morgan fingerprint density at radius 1 is 1.06 bits per heavy atom. The van der Waals surface area contributed by atoms with Crippen molar-refractivity contribution in [2.45, 2.75) is 48.8 Å². The molecule has 1 saturated heterocycles. The van der Waals surface area contributed by atoms with Crippen LogP contribution < -0.4 is 5.32 Å². The third-order valence-corrected chi connectivity index (χ3v) is 12.4. The number of thiazole rings is 1. The number of benzene rings is 1. The standard InChI is InChI=1S/C24H22ClN3O3S4/c25-19-11-12-20(34-19)35(30,31)28-13-5-8-16(28)22(29)27-24-21(14-6-1-3-9-17(14)32-24)23-26-15-7-2-4-10-18(15)33-23/h2,4,7,10-12,16H,1,3,5-6,8-9,13H2,(H,27,29). The average molecular weight is 564 g/mol. The molecule has 6 rings (SSSR count). The van der Waals surface area contributed by atoms with E-state index in [1.54, 1.807) is 28.7 Å². The number of anilines is 1. The van der Waals surface area contributed by atoms with Crippen LogP contribution in [0.15, 0.2) is 40.6 Å². The van der Waals surface area contributed by atoms with Gasteiger partial charge in [-0.25, -0.2) is 13.4 Å². The molecule has 1 N–H and O–H groups in total. The van der Waals surface area contributed by atoms with Crippen LogP contribution in [0.5, 0.6) is 0 Å². The molecule has 0 radical (unpaired) electrons. The van der Waals surface area contributed by atoms with Gasteiger partial charge in [-0.05, 0) is 68.4 Å². The lowest BCUT2D eigenvalue weighted by Gasteiger charge is -2.22. The van der Waals surface area contributed by atoms with Crippen LogP contribution in [0.1, 0.15) is 36.1 Å². The van der Waals surface area contributed by atoms with Gasteiger partial charge in [0.05, 0.1) is 14.6 Å². The number of sulfonamides is 1. The summed E-state index contributed by atoms with van der Waals surface area (Å²) in [5.41, 5.74) is 3.24. The lowest BCUT2D eigenvalue weighted by atomic mass is 9.95. The highest BCUT2D eigenvalue weighted by molar-refractivity contribution is 7.91. The van der Waals surface area contributed by atoms with Crippen LogP contribution in [0, 0.1) is 0 Å². The van der Waals surface area contributed by atoms with E-state index in [0.29, 0.717) is 23.7 Å². The fourth-order valence-electron chi connectivity index (χ4n) is 4.90. The zero-order valence-corrected chi connectivity index (χ0v) is 22.6. The van der Waals surface area contributed by atoms with Crippen molar-refractivity contribution in [3.8, 4) is 10.6 Å². The third kappa shape index (κ3) is 4.24. The number of nitrogens with one attached hydrogen (secondary N) is 1. The summed E-state index contributed by atoms with van der Waals surface area (Å²) in [5, 5.41) is 4.82. The number of carbonyl (C=O) groups is 1. The van der Waals surface area contributed by atoms with Gasteiger partial charge in [-0.15, -0.1) is 34.0 Å². The van der Waals surface area contributed by atoms with Crippen molar-refractivity contribution in [1.82, 2.24) is 9.29 Å². The highest BCUT2D eigenvalue weighted by Gasteiger charge is 2.40. The number of thiophene rings is 2. The number of halogens is 1. The van der Waals surface area contributed by atoms with E-state index in [4.69, 9.17) is 16.6 Å². The Morgan fingerprint density at radius 3 is 2.69 bits per heavy atom. The molecule has 1 amide bonds. The Bertz CT molecular complexity index is 1510. The quantitative estimate of drug-likeness (QED) is 0.304. The number of rotatable bonds is 5. The first-order valence-corrected chi connectivity index (χ1v) is 15.8. The third-order valence-electron chi connectivity index (χ3n) is 6.53. The molecule has 182 valence electrons. The SMILES string of the molecule is O=C(Nc1sc2c(c1-c1nc3ccccc3s1)CCCC2)C1CCCN1S(=O)(=O)c1ccc(Cl)s1. The maximum Gasteiger partial charge on any atom is 0.253 e. The zero-order valence-electron chi connectivity index (χ0n) is 18.6. The fourth-order valence-corrected chi connectivity index (χ4v) is 10.6. The highest BCUT2D eigenvalue weighted by atomic mass is 35.5. The number of hydrogen-bond acceptors (Lipinski definition) is 7. The van der Waals surface area contributed by atoms with Crippen LogP contribution in [0.2, 0.25) is 4.34 Å². The maximum atomic E-state index is 13.5. The summed E-state index contributed by atoms with van der Waals surface area (Å²) in [6.45, 7) is 0.321. The first-order chi connectivity index (χ1) is 16.9. The zero-order chi connectivity index (χ0) is 24.2. The molecular formula is C24H22ClN3O3S4.